The van der Waals surface area contributed by atoms with Crippen LogP contribution in [0.5, 0.6) is 0 Å². The molecule has 0 spiro atoms. The fourth-order valence-electron chi connectivity index (χ4n) is 1.76. The van der Waals surface area contributed by atoms with Crippen LogP contribution in [0, 0.1) is 0 Å². The van der Waals surface area contributed by atoms with Crippen LogP contribution in [0.25, 0.3) is 0 Å². The summed E-state index contributed by atoms with van der Waals surface area (Å²) < 4.78 is 0. The van der Waals surface area contributed by atoms with Crippen LogP contribution in [0.2, 0.25) is 5.02 Å². The molecule has 106 valence electrons. The maximum Gasteiger partial charge on any atom is 0.0961 e. The van der Waals surface area contributed by atoms with Gasteiger partial charge in [0.25, 0.3) is 0 Å². The number of aliphatic hydroxyl groups excluding tert-OH is 1. The van der Waals surface area contributed by atoms with Gasteiger partial charge < -0.3 is 10.8 Å². The normalized spacial score (nSPS) is 13.9. The molecule has 0 bridgehead atoms. The van der Waals surface area contributed by atoms with Crippen LogP contribution in [0.4, 0.5) is 0 Å². The minimum Gasteiger partial charge on any atom is -0.391 e. The minimum absolute atomic E-state index is 0.280. The standard InChI is InChI=1S/C15H17ClN2OS/c16-12-6-7-15(18-9-12)20-10-14(19)13(17)8-11-4-2-1-3-5-11/h1-7,9,13-14,19H,8,10,17H2. The minimum atomic E-state index is -0.572. The number of hydrogen-bond acceptors (Lipinski definition) is 4. The second kappa shape index (κ2) is 7.64. The van der Waals surface area contributed by atoms with E-state index in [9.17, 15) is 5.11 Å². The highest BCUT2D eigenvalue weighted by Gasteiger charge is 2.15. The van der Waals surface area contributed by atoms with Gasteiger partial charge in [-0.15, -0.1) is 11.8 Å². The molecule has 20 heavy (non-hydrogen) atoms. The van der Waals surface area contributed by atoms with Gasteiger partial charge in [-0.3, -0.25) is 0 Å². The van der Waals surface area contributed by atoms with Crippen LogP contribution < -0.4 is 5.73 Å². The number of benzene rings is 1. The second-order valence-corrected chi connectivity index (χ2v) is 6.02. The highest BCUT2D eigenvalue weighted by Crippen LogP contribution is 2.19. The van der Waals surface area contributed by atoms with Crippen molar-refractivity contribution in [3.8, 4) is 0 Å². The molecule has 2 aromatic rings. The molecule has 0 saturated heterocycles. The number of halogens is 1. The summed E-state index contributed by atoms with van der Waals surface area (Å²) in [6.45, 7) is 0. The fourth-order valence-corrected chi connectivity index (χ4v) is 2.76. The van der Waals surface area contributed by atoms with E-state index < -0.39 is 6.10 Å². The van der Waals surface area contributed by atoms with Crippen LogP contribution >= 0.6 is 23.4 Å². The van der Waals surface area contributed by atoms with Crippen molar-refractivity contribution < 1.29 is 5.11 Å². The van der Waals surface area contributed by atoms with Gasteiger partial charge in [0.05, 0.1) is 16.2 Å². The van der Waals surface area contributed by atoms with E-state index in [2.05, 4.69) is 4.98 Å². The first kappa shape index (κ1) is 15.3. The quantitative estimate of drug-likeness (QED) is 0.806. The van der Waals surface area contributed by atoms with Gasteiger partial charge >= 0.3 is 0 Å². The number of nitrogens with two attached hydrogens (primary N) is 1. The molecular formula is C15H17ClN2OS. The van der Waals surface area contributed by atoms with Crippen LogP contribution in [0.3, 0.4) is 0 Å². The molecule has 5 heteroatoms. The monoisotopic (exact) mass is 308 g/mol. The number of aromatic nitrogens is 1. The number of aliphatic hydroxyl groups is 1. The molecule has 2 rings (SSSR count). The van der Waals surface area contributed by atoms with Crippen molar-refractivity contribution >= 4 is 23.4 Å². The maximum atomic E-state index is 10.1. The van der Waals surface area contributed by atoms with Crippen molar-refractivity contribution in [2.24, 2.45) is 5.73 Å². The van der Waals surface area contributed by atoms with Crippen molar-refractivity contribution in [2.45, 2.75) is 23.6 Å². The van der Waals surface area contributed by atoms with Gasteiger partial charge in [0.2, 0.25) is 0 Å². The Morgan fingerprint density at radius 3 is 2.60 bits per heavy atom. The molecule has 1 aromatic heterocycles. The number of nitrogens with zero attached hydrogens (tertiary/aromatic N) is 1. The van der Waals surface area contributed by atoms with Crippen molar-refractivity contribution in [3.63, 3.8) is 0 Å². The number of thioether (sulfide) groups is 1. The van der Waals surface area contributed by atoms with E-state index >= 15 is 0 Å². The highest BCUT2D eigenvalue weighted by atomic mass is 35.5. The molecule has 2 atom stereocenters. The van der Waals surface area contributed by atoms with Crippen molar-refractivity contribution in [3.05, 3.63) is 59.2 Å². The predicted octanol–water partition coefficient (Wildman–Crippen LogP) is 2.76. The summed E-state index contributed by atoms with van der Waals surface area (Å²) in [5, 5.41) is 11.5. The molecule has 3 N–H and O–H groups in total. The second-order valence-electron chi connectivity index (χ2n) is 4.55. The van der Waals surface area contributed by atoms with Gasteiger partial charge in [-0.2, -0.15) is 0 Å². The lowest BCUT2D eigenvalue weighted by Gasteiger charge is -2.18. The molecule has 0 amide bonds. The van der Waals surface area contributed by atoms with Crippen molar-refractivity contribution in [1.29, 1.82) is 0 Å². The van der Waals surface area contributed by atoms with Crippen molar-refractivity contribution in [2.75, 3.05) is 5.75 Å². The topological polar surface area (TPSA) is 59.1 Å². The van der Waals surface area contributed by atoms with Crippen LogP contribution in [-0.4, -0.2) is 28.0 Å². The molecule has 0 aliphatic carbocycles. The zero-order valence-electron chi connectivity index (χ0n) is 10.9. The van der Waals surface area contributed by atoms with Gasteiger partial charge in [0, 0.05) is 18.0 Å². The molecular weight excluding hydrogens is 292 g/mol. The highest BCUT2D eigenvalue weighted by molar-refractivity contribution is 7.99. The molecule has 1 heterocycles. The average molecular weight is 309 g/mol. The third-order valence-corrected chi connectivity index (χ3v) is 4.18. The molecule has 3 nitrogen and oxygen atoms in total. The summed E-state index contributed by atoms with van der Waals surface area (Å²) in [5.74, 6) is 0.517. The van der Waals surface area contributed by atoms with Crippen LogP contribution in [0.1, 0.15) is 5.56 Å². The zero-order chi connectivity index (χ0) is 14.4. The molecule has 2 unspecified atom stereocenters. The fraction of sp³-hybridized carbons (Fsp3) is 0.267. The van der Waals surface area contributed by atoms with E-state index in [0.29, 0.717) is 17.2 Å². The Labute approximate surface area is 128 Å². The molecule has 0 aliphatic rings. The maximum absolute atomic E-state index is 10.1. The van der Waals surface area contributed by atoms with E-state index in [1.54, 1.807) is 12.3 Å². The third-order valence-electron chi connectivity index (χ3n) is 2.91. The molecule has 0 aliphatic heterocycles. The average Bonchev–Trinajstić information content (AvgIpc) is 2.47. The lowest BCUT2D eigenvalue weighted by atomic mass is 10.0. The van der Waals surface area contributed by atoms with E-state index in [1.807, 2.05) is 36.4 Å². The summed E-state index contributed by atoms with van der Waals surface area (Å²) >= 11 is 7.25. The Bertz CT molecular complexity index is 521. The number of rotatable bonds is 6. The first-order valence-corrected chi connectivity index (χ1v) is 7.73. The number of hydrogen-bond donors (Lipinski definition) is 2. The summed E-state index contributed by atoms with van der Waals surface area (Å²) in [6.07, 6.45) is 1.69. The smallest absolute Gasteiger partial charge is 0.0961 e. The Kier molecular flexibility index (Phi) is 5.86. The van der Waals surface area contributed by atoms with E-state index in [4.69, 9.17) is 17.3 Å². The van der Waals surface area contributed by atoms with E-state index in [0.717, 1.165) is 10.6 Å². The Hall–Kier alpha value is -1.07. The number of pyridine rings is 1. The largest absolute Gasteiger partial charge is 0.391 e. The van der Waals surface area contributed by atoms with Crippen LogP contribution in [-0.2, 0) is 6.42 Å². The molecule has 0 saturated carbocycles. The van der Waals surface area contributed by atoms with E-state index in [-0.39, 0.29) is 6.04 Å². The van der Waals surface area contributed by atoms with E-state index in [1.165, 1.54) is 11.8 Å². The van der Waals surface area contributed by atoms with Gasteiger partial charge in [-0.25, -0.2) is 4.98 Å². The first-order chi connectivity index (χ1) is 9.65. The van der Waals surface area contributed by atoms with Crippen molar-refractivity contribution in [1.82, 2.24) is 4.98 Å². The molecule has 1 aromatic carbocycles. The third kappa shape index (κ3) is 4.80. The Balaban J connectivity index is 1.82. The predicted molar refractivity (Wildman–Crippen MR) is 84.1 cm³/mol. The van der Waals surface area contributed by atoms with Gasteiger partial charge in [-0.05, 0) is 24.1 Å². The summed E-state index contributed by atoms with van der Waals surface area (Å²) in [4.78, 5) is 4.17. The molecule has 0 fully saturated rings. The van der Waals surface area contributed by atoms with Gasteiger partial charge in [0.15, 0.2) is 0 Å². The SMILES string of the molecule is NC(Cc1ccccc1)C(O)CSc1ccc(Cl)cn1. The summed E-state index contributed by atoms with van der Waals surface area (Å²) in [5.41, 5.74) is 7.17. The molecule has 0 radical (unpaired) electrons. The first-order valence-electron chi connectivity index (χ1n) is 6.37. The Morgan fingerprint density at radius 1 is 1.20 bits per heavy atom. The van der Waals surface area contributed by atoms with Gasteiger partial charge in [-0.1, -0.05) is 41.9 Å². The lowest BCUT2D eigenvalue weighted by Crippen LogP contribution is -2.38. The summed E-state index contributed by atoms with van der Waals surface area (Å²) in [7, 11) is 0. The van der Waals surface area contributed by atoms with Gasteiger partial charge in [0.1, 0.15) is 0 Å². The zero-order valence-corrected chi connectivity index (χ0v) is 12.5. The van der Waals surface area contributed by atoms with Crippen LogP contribution in [0.15, 0.2) is 53.7 Å². The Morgan fingerprint density at radius 2 is 1.95 bits per heavy atom. The lowest BCUT2D eigenvalue weighted by molar-refractivity contribution is 0.167. The summed E-state index contributed by atoms with van der Waals surface area (Å²) in [6, 6.07) is 13.3.